The smallest absolute Gasteiger partial charge is 0.123 e. The monoisotopic (exact) mass is 376 g/mol. The summed E-state index contributed by atoms with van der Waals surface area (Å²) in [7, 11) is 1.74. The maximum Gasteiger partial charge on any atom is 0.123 e. The summed E-state index contributed by atoms with van der Waals surface area (Å²) in [6.07, 6.45) is 0. The van der Waals surface area contributed by atoms with Crippen LogP contribution in [0, 0.1) is 0 Å². The van der Waals surface area contributed by atoms with Gasteiger partial charge in [-0.05, 0) is 28.0 Å². The summed E-state index contributed by atoms with van der Waals surface area (Å²) in [5, 5.41) is 6.13. The number of ether oxygens (including phenoxy) is 2. The van der Waals surface area contributed by atoms with Gasteiger partial charge in [-0.1, -0.05) is 54.6 Å². The van der Waals surface area contributed by atoms with Crippen molar-refractivity contribution >= 4 is 10.8 Å². The molecule has 0 amide bonds. The molecule has 1 saturated heterocycles. The Morgan fingerprint density at radius 2 is 1.64 bits per heavy atom. The first kappa shape index (κ1) is 18.9. The van der Waals surface area contributed by atoms with Crippen LogP contribution in [0.5, 0.6) is 5.75 Å². The second kappa shape index (κ2) is 9.20. The van der Waals surface area contributed by atoms with E-state index in [-0.39, 0.29) is 0 Å². The highest BCUT2D eigenvalue weighted by Crippen LogP contribution is 2.28. The molecule has 0 spiro atoms. The number of morpholine rings is 1. The fourth-order valence-electron chi connectivity index (χ4n) is 3.90. The summed E-state index contributed by atoms with van der Waals surface area (Å²) in [5.74, 6) is 0.938. The highest BCUT2D eigenvalue weighted by molar-refractivity contribution is 5.87. The molecule has 0 bridgehead atoms. The van der Waals surface area contributed by atoms with Crippen LogP contribution in [0.2, 0.25) is 0 Å². The van der Waals surface area contributed by atoms with Gasteiger partial charge in [-0.15, -0.1) is 0 Å². The van der Waals surface area contributed by atoms with Gasteiger partial charge in [-0.3, -0.25) is 4.90 Å². The lowest BCUT2D eigenvalue weighted by Crippen LogP contribution is -2.36. The van der Waals surface area contributed by atoms with Crippen LogP contribution in [-0.4, -0.2) is 38.3 Å². The van der Waals surface area contributed by atoms with Gasteiger partial charge in [0.1, 0.15) is 5.75 Å². The number of methoxy groups -OCH3 is 1. The summed E-state index contributed by atoms with van der Waals surface area (Å²) < 4.78 is 11.1. The largest absolute Gasteiger partial charge is 0.496 e. The van der Waals surface area contributed by atoms with E-state index in [1.54, 1.807) is 7.11 Å². The molecule has 1 aliphatic heterocycles. The molecule has 0 radical (unpaired) electrons. The van der Waals surface area contributed by atoms with Crippen LogP contribution in [-0.2, 0) is 24.4 Å². The zero-order chi connectivity index (χ0) is 19.2. The number of nitrogens with one attached hydrogen (secondary N) is 1. The van der Waals surface area contributed by atoms with E-state index in [0.717, 1.165) is 51.7 Å². The lowest BCUT2D eigenvalue weighted by Gasteiger charge is -2.27. The summed E-state index contributed by atoms with van der Waals surface area (Å²) >= 11 is 0. The molecule has 4 rings (SSSR count). The molecule has 1 N–H and O–H groups in total. The van der Waals surface area contributed by atoms with E-state index in [2.05, 4.69) is 70.9 Å². The molecule has 1 heterocycles. The number of hydrogen-bond donors (Lipinski definition) is 1. The fraction of sp³-hybridized carbons (Fsp3) is 0.333. The fourth-order valence-corrected chi connectivity index (χ4v) is 3.90. The van der Waals surface area contributed by atoms with E-state index < -0.39 is 0 Å². The zero-order valence-corrected chi connectivity index (χ0v) is 16.5. The van der Waals surface area contributed by atoms with Crippen molar-refractivity contribution in [1.29, 1.82) is 0 Å². The quantitative estimate of drug-likeness (QED) is 0.677. The molecule has 3 aromatic rings. The van der Waals surface area contributed by atoms with Gasteiger partial charge < -0.3 is 14.8 Å². The highest BCUT2D eigenvalue weighted by Gasteiger charge is 2.13. The number of fused-ring (bicyclic) bond motifs is 1. The van der Waals surface area contributed by atoms with Crippen molar-refractivity contribution in [3.05, 3.63) is 77.4 Å². The minimum absolute atomic E-state index is 0.774. The van der Waals surface area contributed by atoms with Crippen LogP contribution in [0.1, 0.15) is 16.7 Å². The van der Waals surface area contributed by atoms with Gasteiger partial charge in [0, 0.05) is 38.3 Å². The Kier molecular flexibility index (Phi) is 6.22. The maximum absolute atomic E-state index is 5.62. The van der Waals surface area contributed by atoms with Crippen molar-refractivity contribution in [2.45, 2.75) is 19.6 Å². The van der Waals surface area contributed by atoms with Crippen LogP contribution in [0.15, 0.2) is 60.7 Å². The van der Waals surface area contributed by atoms with Crippen LogP contribution in [0.4, 0.5) is 0 Å². The third-order valence-electron chi connectivity index (χ3n) is 5.45. The van der Waals surface area contributed by atoms with Gasteiger partial charge in [0.05, 0.1) is 20.3 Å². The maximum atomic E-state index is 5.62. The molecule has 1 fully saturated rings. The van der Waals surface area contributed by atoms with Crippen LogP contribution >= 0.6 is 0 Å². The lowest BCUT2D eigenvalue weighted by molar-refractivity contribution is 0.0340. The molecule has 0 unspecified atom stereocenters. The Hall–Kier alpha value is -2.40. The molecule has 0 saturated carbocycles. The average Bonchev–Trinajstić information content (AvgIpc) is 2.75. The van der Waals surface area contributed by atoms with Gasteiger partial charge in [0.25, 0.3) is 0 Å². The number of hydrogen-bond acceptors (Lipinski definition) is 4. The van der Waals surface area contributed by atoms with E-state index >= 15 is 0 Å². The summed E-state index contributed by atoms with van der Waals surface area (Å²) in [5.41, 5.74) is 3.96. The normalized spacial score (nSPS) is 15.0. The molecule has 28 heavy (non-hydrogen) atoms. The molecule has 1 aliphatic rings. The van der Waals surface area contributed by atoms with E-state index in [1.165, 1.54) is 27.5 Å². The van der Waals surface area contributed by atoms with Gasteiger partial charge in [0.15, 0.2) is 0 Å². The highest BCUT2D eigenvalue weighted by atomic mass is 16.5. The van der Waals surface area contributed by atoms with Crippen LogP contribution in [0.25, 0.3) is 10.8 Å². The van der Waals surface area contributed by atoms with E-state index in [4.69, 9.17) is 9.47 Å². The Labute approximate surface area is 167 Å². The Morgan fingerprint density at radius 1 is 0.893 bits per heavy atom. The molecule has 3 aromatic carbocycles. The molecule has 4 heteroatoms. The summed E-state index contributed by atoms with van der Waals surface area (Å²) in [6, 6.07) is 21.4. The number of rotatable bonds is 7. The van der Waals surface area contributed by atoms with Crippen LogP contribution < -0.4 is 10.1 Å². The van der Waals surface area contributed by atoms with Gasteiger partial charge in [-0.25, -0.2) is 0 Å². The zero-order valence-electron chi connectivity index (χ0n) is 16.5. The van der Waals surface area contributed by atoms with Crippen LogP contribution in [0.3, 0.4) is 0 Å². The topological polar surface area (TPSA) is 33.7 Å². The first-order chi connectivity index (χ1) is 13.8. The van der Waals surface area contributed by atoms with Crippen molar-refractivity contribution in [3.63, 3.8) is 0 Å². The molecule has 0 aromatic heterocycles. The molecule has 0 atom stereocenters. The SMILES string of the molecule is COc1ccc2ccccc2c1CNCc1ccccc1CN1CCOCC1. The van der Waals surface area contributed by atoms with Crippen molar-refractivity contribution in [2.24, 2.45) is 0 Å². The third kappa shape index (κ3) is 4.36. The lowest BCUT2D eigenvalue weighted by atomic mass is 10.0. The number of benzene rings is 3. The van der Waals surface area contributed by atoms with E-state index in [1.807, 2.05) is 0 Å². The predicted molar refractivity (Wildman–Crippen MR) is 114 cm³/mol. The average molecular weight is 377 g/mol. The molecule has 146 valence electrons. The van der Waals surface area contributed by atoms with E-state index in [0.29, 0.717) is 0 Å². The second-order valence-electron chi connectivity index (χ2n) is 7.23. The Bertz CT molecular complexity index is 919. The first-order valence-electron chi connectivity index (χ1n) is 9.97. The van der Waals surface area contributed by atoms with Crippen molar-refractivity contribution in [1.82, 2.24) is 10.2 Å². The molecule has 0 aliphatic carbocycles. The predicted octanol–water partition coefficient (Wildman–Crippen LogP) is 3.97. The minimum atomic E-state index is 0.774. The summed E-state index contributed by atoms with van der Waals surface area (Å²) in [4.78, 5) is 2.47. The Morgan fingerprint density at radius 3 is 2.46 bits per heavy atom. The molecular formula is C24H28N2O2. The van der Waals surface area contributed by atoms with Gasteiger partial charge in [-0.2, -0.15) is 0 Å². The van der Waals surface area contributed by atoms with Crippen molar-refractivity contribution in [2.75, 3.05) is 33.4 Å². The summed E-state index contributed by atoms with van der Waals surface area (Å²) in [6.45, 7) is 6.29. The number of nitrogens with zero attached hydrogens (tertiary/aromatic N) is 1. The third-order valence-corrected chi connectivity index (χ3v) is 5.45. The minimum Gasteiger partial charge on any atom is -0.496 e. The second-order valence-corrected chi connectivity index (χ2v) is 7.23. The van der Waals surface area contributed by atoms with E-state index in [9.17, 15) is 0 Å². The van der Waals surface area contributed by atoms with Gasteiger partial charge in [0.2, 0.25) is 0 Å². The standard InChI is InChI=1S/C24H28N2O2/c1-27-24-11-10-19-6-4-5-9-22(19)23(24)17-25-16-20-7-2-3-8-21(20)18-26-12-14-28-15-13-26/h2-11,25H,12-18H2,1H3. The van der Waals surface area contributed by atoms with Crippen molar-refractivity contribution in [3.8, 4) is 5.75 Å². The molecular weight excluding hydrogens is 348 g/mol. The Balaban J connectivity index is 1.47. The van der Waals surface area contributed by atoms with Gasteiger partial charge >= 0.3 is 0 Å². The first-order valence-corrected chi connectivity index (χ1v) is 9.97. The molecule has 4 nitrogen and oxygen atoms in total. The van der Waals surface area contributed by atoms with Crippen molar-refractivity contribution < 1.29 is 9.47 Å².